The Hall–Kier alpha value is 0.566. The molecule has 0 unspecified atom stereocenters. The summed E-state index contributed by atoms with van der Waals surface area (Å²) in [6.07, 6.45) is 0. The Kier molecular flexibility index (Phi) is 17.7. The van der Waals surface area contributed by atoms with Gasteiger partial charge in [-0.15, -0.1) is 0 Å². The quantitative estimate of drug-likeness (QED) is 0.538. The van der Waals surface area contributed by atoms with Crippen LogP contribution in [0.4, 0.5) is 0 Å². The fourth-order valence-corrected chi connectivity index (χ4v) is 0.966. The molecule has 6 heteroatoms. The van der Waals surface area contributed by atoms with Crippen LogP contribution in [0.2, 0.25) is 0 Å². The third-order valence-corrected chi connectivity index (χ3v) is 1.52. The fraction of sp³-hybridized carbons (Fsp3) is 1.00. The van der Waals surface area contributed by atoms with Gasteiger partial charge in [-0.2, -0.15) is 0 Å². The van der Waals surface area contributed by atoms with Gasteiger partial charge in [-0.05, 0) is 0 Å². The number of hydrogen-bond acceptors (Lipinski definition) is 5. The van der Waals surface area contributed by atoms with Crippen molar-refractivity contribution in [3.8, 4) is 0 Å². The zero-order chi connectivity index (χ0) is 6.53. The molecule has 0 saturated carbocycles. The molecule has 0 spiro atoms. The maximum atomic E-state index is 8.54. The largest absolute Gasteiger partial charge is 2.00 e. The van der Waals surface area contributed by atoms with Crippen molar-refractivity contribution in [2.45, 2.75) is 0 Å². The predicted molar refractivity (Wildman–Crippen MR) is 44.0 cm³/mol. The molecule has 1 heterocycles. The minimum Gasteiger partial charge on any atom is -0.870 e. The van der Waals surface area contributed by atoms with E-state index >= 15 is 0 Å². The zero-order valence-corrected chi connectivity index (χ0v) is 8.56. The Balaban J connectivity index is -0.000000270. The number of β-amino-alcohol motifs (C(OH)–C–C–N with tert-alkyl or cyclic N) is 1. The van der Waals surface area contributed by atoms with Gasteiger partial charge in [0.05, 0.1) is 19.8 Å². The Labute approximate surface area is 88.5 Å². The molecule has 5 nitrogen and oxygen atoms in total. The molecule has 0 aromatic carbocycles. The van der Waals surface area contributed by atoms with E-state index in [1.54, 1.807) is 0 Å². The summed E-state index contributed by atoms with van der Waals surface area (Å²) < 4.78 is 5.12. The first-order valence-corrected chi connectivity index (χ1v) is 3.34. The summed E-state index contributed by atoms with van der Waals surface area (Å²) in [5.41, 5.74) is 0. The molecule has 0 aliphatic carbocycles. The van der Waals surface area contributed by atoms with Crippen LogP contribution in [0.15, 0.2) is 0 Å². The van der Waals surface area contributed by atoms with Gasteiger partial charge in [0.25, 0.3) is 0 Å². The van der Waals surface area contributed by atoms with Gasteiger partial charge in [-0.1, -0.05) is 0 Å². The molecule has 0 amide bonds. The van der Waals surface area contributed by atoms with Crippen molar-refractivity contribution in [2.75, 3.05) is 39.5 Å². The van der Waals surface area contributed by atoms with Crippen LogP contribution in [0.3, 0.4) is 0 Å². The van der Waals surface area contributed by atoms with Crippen LogP contribution in [-0.4, -0.2) is 83.5 Å². The Morgan fingerprint density at radius 2 is 1.67 bits per heavy atom. The number of rotatable bonds is 2. The minimum absolute atomic E-state index is 0. The molecule has 12 heavy (non-hydrogen) atoms. The zero-order valence-electron chi connectivity index (χ0n) is 7.15. The standard InChI is InChI=1S/C6H13NO2.Mg.2H2O/c8-4-1-7-2-5-9-6-3-7;;;/h8H,1-6H2;;2*1H2/q;+2;;/p-2. The smallest absolute Gasteiger partial charge is 0.870 e. The van der Waals surface area contributed by atoms with Gasteiger partial charge >= 0.3 is 23.1 Å². The second kappa shape index (κ2) is 11.6. The summed E-state index contributed by atoms with van der Waals surface area (Å²) in [7, 11) is 0. The van der Waals surface area contributed by atoms with E-state index < -0.39 is 0 Å². The molecule has 0 aromatic rings. The summed E-state index contributed by atoms with van der Waals surface area (Å²) in [6.45, 7) is 4.64. The van der Waals surface area contributed by atoms with Crippen molar-refractivity contribution in [1.82, 2.24) is 4.90 Å². The van der Waals surface area contributed by atoms with E-state index in [2.05, 4.69) is 4.90 Å². The number of aliphatic hydroxyl groups is 1. The van der Waals surface area contributed by atoms with Gasteiger partial charge in [0, 0.05) is 19.6 Å². The van der Waals surface area contributed by atoms with Gasteiger partial charge in [-0.3, -0.25) is 4.90 Å². The summed E-state index contributed by atoms with van der Waals surface area (Å²) in [5.74, 6) is 0. The van der Waals surface area contributed by atoms with Gasteiger partial charge in [0.15, 0.2) is 0 Å². The van der Waals surface area contributed by atoms with E-state index in [9.17, 15) is 0 Å². The van der Waals surface area contributed by atoms with E-state index in [0.717, 1.165) is 32.8 Å². The first-order valence-electron chi connectivity index (χ1n) is 3.34. The van der Waals surface area contributed by atoms with Crippen LogP contribution in [0.25, 0.3) is 0 Å². The topological polar surface area (TPSA) is 92.7 Å². The van der Waals surface area contributed by atoms with Crippen molar-refractivity contribution in [3.05, 3.63) is 0 Å². The first kappa shape index (κ1) is 18.4. The van der Waals surface area contributed by atoms with Crippen molar-refractivity contribution < 1.29 is 20.8 Å². The second-order valence-corrected chi connectivity index (χ2v) is 2.18. The maximum Gasteiger partial charge on any atom is 2.00 e. The number of morpholine rings is 1. The molecule has 1 rings (SSSR count). The average Bonchev–Trinajstić information content (AvgIpc) is 1.91. The number of nitrogens with zero attached hydrogens (tertiary/aromatic N) is 1. The van der Waals surface area contributed by atoms with E-state index in [-0.39, 0.29) is 40.6 Å². The van der Waals surface area contributed by atoms with Gasteiger partial charge in [0.2, 0.25) is 0 Å². The van der Waals surface area contributed by atoms with Gasteiger partial charge in [0.1, 0.15) is 0 Å². The normalized spacial score (nSPS) is 16.8. The van der Waals surface area contributed by atoms with Crippen LogP contribution in [0.5, 0.6) is 0 Å². The molecule has 1 saturated heterocycles. The number of ether oxygens (including phenoxy) is 1. The molecular formula is C6H15MgNO4. The van der Waals surface area contributed by atoms with E-state index in [1.165, 1.54) is 0 Å². The molecular weight excluding hydrogens is 174 g/mol. The third-order valence-electron chi connectivity index (χ3n) is 1.52. The summed E-state index contributed by atoms with van der Waals surface area (Å²) in [5, 5.41) is 8.54. The predicted octanol–water partition coefficient (Wildman–Crippen LogP) is -1.42. The van der Waals surface area contributed by atoms with Crippen LogP contribution < -0.4 is 0 Å². The number of hydrogen-bond donors (Lipinski definition) is 1. The Bertz CT molecular complexity index is 77.2. The van der Waals surface area contributed by atoms with Gasteiger partial charge < -0.3 is 20.8 Å². The first-order chi connectivity index (χ1) is 4.43. The molecule has 0 bridgehead atoms. The van der Waals surface area contributed by atoms with Crippen LogP contribution in [-0.2, 0) is 4.74 Å². The molecule has 3 N–H and O–H groups in total. The maximum absolute atomic E-state index is 8.54. The van der Waals surface area contributed by atoms with Crippen molar-refractivity contribution in [3.63, 3.8) is 0 Å². The molecule has 1 fully saturated rings. The molecule has 0 aromatic heterocycles. The SMILES string of the molecule is OCCN1CCOCC1.[Mg+2].[OH-].[OH-]. The van der Waals surface area contributed by atoms with Crippen LogP contribution >= 0.6 is 0 Å². The molecule has 1 aliphatic rings. The van der Waals surface area contributed by atoms with Crippen LogP contribution in [0.1, 0.15) is 0 Å². The summed E-state index contributed by atoms with van der Waals surface area (Å²) in [6, 6.07) is 0. The molecule has 0 atom stereocenters. The fourth-order valence-electron chi connectivity index (χ4n) is 0.966. The molecule has 1 aliphatic heterocycles. The van der Waals surface area contributed by atoms with Crippen molar-refractivity contribution in [2.24, 2.45) is 0 Å². The second-order valence-electron chi connectivity index (χ2n) is 2.18. The Morgan fingerprint density at radius 3 is 2.08 bits per heavy atom. The van der Waals surface area contributed by atoms with Crippen LogP contribution in [0, 0.1) is 0 Å². The average molecular weight is 189 g/mol. The summed E-state index contributed by atoms with van der Waals surface area (Å²) in [4.78, 5) is 2.20. The number of aliphatic hydroxyl groups excluding tert-OH is 1. The molecule has 70 valence electrons. The third kappa shape index (κ3) is 7.23. The van der Waals surface area contributed by atoms with E-state index in [1.807, 2.05) is 0 Å². The summed E-state index contributed by atoms with van der Waals surface area (Å²) >= 11 is 0. The van der Waals surface area contributed by atoms with E-state index in [4.69, 9.17) is 9.84 Å². The molecule has 0 radical (unpaired) electrons. The van der Waals surface area contributed by atoms with Gasteiger partial charge in [-0.25, -0.2) is 0 Å². The van der Waals surface area contributed by atoms with Crippen molar-refractivity contribution >= 4 is 23.1 Å². The van der Waals surface area contributed by atoms with E-state index in [0.29, 0.717) is 0 Å². The van der Waals surface area contributed by atoms with Crippen molar-refractivity contribution in [1.29, 1.82) is 0 Å². The minimum atomic E-state index is 0. The Morgan fingerprint density at radius 1 is 1.17 bits per heavy atom. The monoisotopic (exact) mass is 189 g/mol.